The highest BCUT2D eigenvalue weighted by molar-refractivity contribution is 7.81. The molecule has 5 rings (SSSR count). The predicted molar refractivity (Wildman–Crippen MR) is 214 cm³/mol. The van der Waals surface area contributed by atoms with E-state index in [1.165, 1.54) is 82.6 Å². The van der Waals surface area contributed by atoms with E-state index in [4.69, 9.17) is 19.9 Å². The zero-order chi connectivity index (χ0) is 44.2. The third kappa shape index (κ3) is 12.6. The van der Waals surface area contributed by atoms with Gasteiger partial charge < -0.3 is 30.2 Å². The van der Waals surface area contributed by atoms with Gasteiger partial charge in [0.15, 0.2) is 0 Å². The zero-order valence-corrected chi connectivity index (χ0v) is 33.0. The smallest absolute Gasteiger partial charge is 0.437 e. The molecule has 0 radical (unpaired) electrons. The number of thiol groups is 1. The summed E-state index contributed by atoms with van der Waals surface area (Å²) < 4.78 is 15.7. The second kappa shape index (κ2) is 20.5. The number of hydrogen-bond donors (Lipinski definition) is 3. The van der Waals surface area contributed by atoms with Crippen molar-refractivity contribution < 1.29 is 53.0 Å². The number of carbonyl (C=O) groups excluding carboxylic acids is 5. The Bertz CT molecular complexity index is 2170. The van der Waals surface area contributed by atoms with Gasteiger partial charge in [-0.3, -0.25) is 44.8 Å². The molecule has 3 aromatic carbocycles. The first-order chi connectivity index (χ1) is 29.1. The van der Waals surface area contributed by atoms with Crippen molar-refractivity contribution >= 4 is 65.7 Å². The van der Waals surface area contributed by atoms with Gasteiger partial charge in [-0.15, -0.1) is 4.99 Å². The maximum absolute atomic E-state index is 13.4. The number of carbonyl (C=O) groups is 5. The van der Waals surface area contributed by atoms with Crippen molar-refractivity contribution in [3.63, 3.8) is 0 Å². The first-order valence-electron chi connectivity index (χ1n) is 18.4. The number of non-ortho nitro benzene ring substituents is 3. The minimum absolute atomic E-state index is 0.00421. The van der Waals surface area contributed by atoms with Crippen LogP contribution in [0.2, 0.25) is 0 Å². The quantitative estimate of drug-likeness (QED) is 0.0488. The van der Waals surface area contributed by atoms with Gasteiger partial charge in [-0.05, 0) is 65.9 Å². The summed E-state index contributed by atoms with van der Waals surface area (Å²) in [5.74, 6) is -1.41. The highest BCUT2D eigenvalue weighted by Gasteiger charge is 2.44. The number of nitro groups is 3. The predicted octanol–water partition coefficient (Wildman–Crippen LogP) is 3.82. The van der Waals surface area contributed by atoms with Gasteiger partial charge in [0.05, 0.1) is 20.8 Å². The summed E-state index contributed by atoms with van der Waals surface area (Å²) in [4.78, 5) is 103. The molecule has 0 spiro atoms. The van der Waals surface area contributed by atoms with Gasteiger partial charge in [0, 0.05) is 74.2 Å². The number of benzene rings is 3. The number of guanidine groups is 1. The molecule has 0 aromatic heterocycles. The van der Waals surface area contributed by atoms with Crippen molar-refractivity contribution in [2.24, 2.45) is 10.7 Å². The standard InChI is InChI=1S/C37H39N9O14S/c38-34(40-35(49)58-20-23-3-9-27(10-4-23)44(52)53)42(36(50)59-21-24-5-11-28(12-6-24)45(54)55)15-1-2-32(47)39-26-17-41(18-26)33(48)31-16-30(61)19-43(31)37(51)60-22-25-7-13-29(14-8-25)46(56)57/h3-14,26,30-31,61H,1-2,15-22H2,(H,39,47)(H2,38,40,49)/t30-,31-/m0/s1. The highest BCUT2D eigenvalue weighted by Crippen LogP contribution is 2.27. The molecule has 0 aliphatic carbocycles. The summed E-state index contributed by atoms with van der Waals surface area (Å²) >= 11 is 4.46. The molecule has 2 atom stereocenters. The molecule has 0 bridgehead atoms. The van der Waals surface area contributed by atoms with E-state index in [0.717, 1.165) is 4.90 Å². The first-order valence-corrected chi connectivity index (χ1v) is 18.9. The molecule has 2 aliphatic heterocycles. The van der Waals surface area contributed by atoms with Crippen LogP contribution in [0.3, 0.4) is 0 Å². The summed E-state index contributed by atoms with van der Waals surface area (Å²) in [5.41, 5.74) is 6.88. The molecule has 3 aromatic rings. The van der Waals surface area contributed by atoms with E-state index in [0.29, 0.717) is 16.7 Å². The zero-order valence-electron chi connectivity index (χ0n) is 32.1. The van der Waals surface area contributed by atoms with Crippen molar-refractivity contribution in [3.05, 3.63) is 120 Å². The SMILES string of the molecule is NC(=NC(=O)OCc1ccc([N+](=O)[O-])cc1)N(CCCC(=O)NC1CN(C(=O)[C@@H]2C[C@H](S)CN2C(=O)OCc2ccc([N+](=O)[O-])cc2)C1)C(=O)OCc1ccc([N+](=O)[O-])cc1. The number of rotatable bonds is 15. The van der Waals surface area contributed by atoms with Gasteiger partial charge in [-0.25, -0.2) is 19.3 Å². The van der Waals surface area contributed by atoms with E-state index in [1.807, 2.05) is 0 Å². The van der Waals surface area contributed by atoms with E-state index in [-0.39, 0.29) is 93.5 Å². The molecule has 322 valence electrons. The maximum Gasteiger partial charge on any atom is 0.437 e. The summed E-state index contributed by atoms with van der Waals surface area (Å²) in [6.07, 6.45) is -2.85. The summed E-state index contributed by atoms with van der Waals surface area (Å²) in [6, 6.07) is 14.6. The summed E-state index contributed by atoms with van der Waals surface area (Å²) in [5, 5.41) is 35.3. The van der Waals surface area contributed by atoms with Crippen LogP contribution in [0.25, 0.3) is 0 Å². The third-order valence-electron chi connectivity index (χ3n) is 9.37. The lowest BCUT2D eigenvalue weighted by atomic mass is 10.1. The van der Waals surface area contributed by atoms with Crippen molar-refractivity contribution in [2.75, 3.05) is 26.2 Å². The second-order valence-electron chi connectivity index (χ2n) is 13.7. The van der Waals surface area contributed by atoms with E-state index in [9.17, 15) is 54.3 Å². The Kier molecular flexibility index (Phi) is 15.1. The Morgan fingerprint density at radius 3 is 1.72 bits per heavy atom. The Balaban J connectivity index is 1.10. The fraction of sp³-hybridized carbons (Fsp3) is 0.351. The number of nitro benzene ring substituents is 3. The molecule has 2 heterocycles. The van der Waals surface area contributed by atoms with E-state index in [1.54, 1.807) is 0 Å². The molecule has 5 amide bonds. The largest absolute Gasteiger partial charge is 0.445 e. The van der Waals surface area contributed by atoms with Crippen molar-refractivity contribution in [1.29, 1.82) is 0 Å². The number of amides is 5. The molecule has 2 saturated heterocycles. The second-order valence-corrected chi connectivity index (χ2v) is 14.5. The van der Waals surface area contributed by atoms with Gasteiger partial charge in [0.1, 0.15) is 25.9 Å². The van der Waals surface area contributed by atoms with Crippen LogP contribution in [-0.2, 0) is 43.6 Å². The van der Waals surface area contributed by atoms with Gasteiger partial charge in [-0.1, -0.05) is 0 Å². The highest BCUT2D eigenvalue weighted by atomic mass is 32.1. The third-order valence-corrected chi connectivity index (χ3v) is 9.75. The number of aliphatic imine (C=N–C) groups is 1. The molecule has 0 saturated carbocycles. The Morgan fingerprint density at radius 1 is 0.754 bits per heavy atom. The normalized spacial score (nSPS) is 16.2. The van der Waals surface area contributed by atoms with E-state index >= 15 is 0 Å². The van der Waals surface area contributed by atoms with Crippen LogP contribution in [0.1, 0.15) is 36.0 Å². The van der Waals surface area contributed by atoms with Gasteiger partial charge in [-0.2, -0.15) is 12.6 Å². The first kappa shape index (κ1) is 44.7. The molecule has 2 aliphatic rings. The monoisotopic (exact) mass is 865 g/mol. The van der Waals surface area contributed by atoms with Crippen LogP contribution in [0.5, 0.6) is 0 Å². The number of nitrogens with one attached hydrogen (secondary N) is 1. The average Bonchev–Trinajstić information content (AvgIpc) is 3.62. The molecule has 61 heavy (non-hydrogen) atoms. The van der Waals surface area contributed by atoms with Crippen LogP contribution in [0.15, 0.2) is 77.8 Å². The molecule has 3 N–H and O–H groups in total. The molecular weight excluding hydrogens is 827 g/mol. The summed E-state index contributed by atoms with van der Waals surface area (Å²) in [7, 11) is 0. The fourth-order valence-electron chi connectivity index (χ4n) is 6.13. The summed E-state index contributed by atoms with van der Waals surface area (Å²) in [6.45, 7) is -0.598. The van der Waals surface area contributed by atoms with Crippen molar-refractivity contribution in [1.82, 2.24) is 20.0 Å². The average molecular weight is 866 g/mol. The number of nitrogens with zero attached hydrogens (tertiary/aromatic N) is 7. The number of nitrogens with two attached hydrogens (primary N) is 1. The molecule has 2 fully saturated rings. The molecule has 24 heteroatoms. The van der Waals surface area contributed by atoms with Gasteiger partial charge >= 0.3 is 18.3 Å². The van der Waals surface area contributed by atoms with E-state index < -0.39 is 57.0 Å². The molecular formula is C37H39N9O14S. The molecule has 0 unspecified atom stereocenters. The van der Waals surface area contributed by atoms with Gasteiger partial charge in [0.25, 0.3) is 17.1 Å². The maximum atomic E-state index is 13.4. The Morgan fingerprint density at radius 2 is 1.23 bits per heavy atom. The number of likely N-dealkylation sites (tertiary alicyclic amines) is 2. The lowest BCUT2D eigenvalue weighted by Crippen LogP contribution is -2.64. The van der Waals surface area contributed by atoms with Crippen LogP contribution in [0.4, 0.5) is 31.4 Å². The minimum Gasteiger partial charge on any atom is -0.445 e. The van der Waals surface area contributed by atoms with Crippen molar-refractivity contribution in [3.8, 4) is 0 Å². The van der Waals surface area contributed by atoms with Gasteiger partial charge in [0.2, 0.25) is 17.8 Å². The number of hydrogen-bond acceptors (Lipinski definition) is 15. The minimum atomic E-state index is -1.20. The number of ether oxygens (including phenoxy) is 3. The topological polar surface area (TPSA) is 303 Å². The lowest BCUT2D eigenvalue weighted by Gasteiger charge is -2.41. The van der Waals surface area contributed by atoms with E-state index in [2.05, 4.69) is 22.9 Å². The van der Waals surface area contributed by atoms with Crippen LogP contribution < -0.4 is 11.1 Å². The van der Waals surface area contributed by atoms with Crippen LogP contribution >= 0.6 is 12.6 Å². The van der Waals surface area contributed by atoms with Crippen LogP contribution in [-0.4, -0.2) is 109 Å². The molecule has 23 nitrogen and oxygen atoms in total. The Labute approximate surface area is 351 Å². The Hall–Kier alpha value is -7.37. The van der Waals surface area contributed by atoms with Crippen LogP contribution in [0, 0.1) is 30.3 Å². The van der Waals surface area contributed by atoms with Crippen molar-refractivity contribution in [2.45, 2.75) is 56.4 Å². The lowest BCUT2D eigenvalue weighted by molar-refractivity contribution is -0.385. The fourth-order valence-corrected chi connectivity index (χ4v) is 6.51.